The van der Waals surface area contributed by atoms with E-state index in [0.717, 1.165) is 37.0 Å². The fraction of sp³-hybridized carbons (Fsp3) is 0.333. The highest BCUT2D eigenvalue weighted by Gasteiger charge is 2.21. The molecule has 3 rings (SSSR count). The molecule has 1 aliphatic carbocycles. The monoisotopic (exact) mass is 326 g/mol. The highest BCUT2D eigenvalue weighted by Crippen LogP contribution is 2.37. The summed E-state index contributed by atoms with van der Waals surface area (Å²) in [6.07, 6.45) is 4.51. The van der Waals surface area contributed by atoms with Crippen molar-refractivity contribution in [1.82, 2.24) is 0 Å². The summed E-state index contributed by atoms with van der Waals surface area (Å²) in [6.45, 7) is 0.322. The van der Waals surface area contributed by atoms with Crippen LogP contribution in [-0.4, -0.2) is 12.5 Å². The number of aryl methyl sites for hydroxylation is 1. The van der Waals surface area contributed by atoms with E-state index in [-0.39, 0.29) is 12.3 Å². The molecular weight excluding hydrogens is 308 g/mol. The van der Waals surface area contributed by atoms with E-state index in [1.807, 2.05) is 30.3 Å². The number of ether oxygens (including phenoxy) is 1. The minimum atomic E-state index is -0.115. The number of nitriles is 1. The normalized spacial score (nSPS) is 13.0. The molecule has 0 saturated carbocycles. The number of benzene rings is 1. The molecule has 0 bridgehead atoms. The lowest BCUT2D eigenvalue weighted by atomic mass is 9.96. The quantitative estimate of drug-likeness (QED) is 0.906. The summed E-state index contributed by atoms with van der Waals surface area (Å²) in [6, 6.07) is 11.7. The van der Waals surface area contributed by atoms with Crippen LogP contribution in [0.25, 0.3) is 0 Å². The lowest BCUT2D eigenvalue weighted by Crippen LogP contribution is -2.15. The van der Waals surface area contributed by atoms with Crippen molar-refractivity contribution < 1.29 is 9.53 Å². The molecule has 23 heavy (non-hydrogen) atoms. The number of amides is 1. The van der Waals surface area contributed by atoms with Gasteiger partial charge in [-0.3, -0.25) is 4.79 Å². The predicted molar refractivity (Wildman–Crippen MR) is 90.9 cm³/mol. The summed E-state index contributed by atoms with van der Waals surface area (Å²) in [7, 11) is 0. The fourth-order valence-corrected chi connectivity index (χ4v) is 4.00. The number of nitrogens with one attached hydrogen (secondary N) is 1. The molecule has 1 aromatic carbocycles. The minimum absolute atomic E-state index is 0.115. The Labute approximate surface area is 139 Å². The maximum Gasteiger partial charge on any atom is 0.228 e. The number of carbonyl (C=O) groups is 1. The van der Waals surface area contributed by atoms with E-state index in [2.05, 4.69) is 11.4 Å². The van der Waals surface area contributed by atoms with E-state index < -0.39 is 0 Å². The molecule has 0 spiro atoms. The van der Waals surface area contributed by atoms with Crippen LogP contribution >= 0.6 is 11.3 Å². The van der Waals surface area contributed by atoms with Crippen LogP contribution < -0.4 is 10.1 Å². The molecule has 1 N–H and O–H groups in total. The first-order chi connectivity index (χ1) is 11.3. The van der Waals surface area contributed by atoms with Gasteiger partial charge in [0.15, 0.2) is 0 Å². The van der Waals surface area contributed by atoms with E-state index in [9.17, 15) is 10.1 Å². The number of hydrogen-bond acceptors (Lipinski definition) is 4. The molecule has 1 aromatic heterocycles. The zero-order valence-corrected chi connectivity index (χ0v) is 13.6. The molecule has 5 heteroatoms. The van der Waals surface area contributed by atoms with Crippen molar-refractivity contribution >= 4 is 22.2 Å². The summed E-state index contributed by atoms with van der Waals surface area (Å²) in [4.78, 5) is 13.3. The predicted octanol–water partition coefficient (Wildman–Crippen LogP) is 3.91. The number of fused-ring (bicyclic) bond motifs is 1. The van der Waals surface area contributed by atoms with E-state index in [1.165, 1.54) is 4.88 Å². The molecule has 1 amide bonds. The average molecular weight is 326 g/mol. The number of thiophene rings is 1. The summed E-state index contributed by atoms with van der Waals surface area (Å²) in [5.74, 6) is 0.639. The Morgan fingerprint density at radius 1 is 1.26 bits per heavy atom. The average Bonchev–Trinajstić information content (AvgIpc) is 2.92. The lowest BCUT2D eigenvalue weighted by Gasteiger charge is -2.09. The van der Waals surface area contributed by atoms with Gasteiger partial charge in [-0.15, -0.1) is 11.3 Å². The molecule has 1 heterocycles. The van der Waals surface area contributed by atoms with E-state index in [4.69, 9.17) is 4.74 Å². The van der Waals surface area contributed by atoms with Gasteiger partial charge in [-0.05, 0) is 43.4 Å². The van der Waals surface area contributed by atoms with Crippen molar-refractivity contribution in [3.05, 3.63) is 46.3 Å². The highest BCUT2D eigenvalue weighted by molar-refractivity contribution is 7.16. The Morgan fingerprint density at radius 2 is 2.04 bits per heavy atom. The van der Waals surface area contributed by atoms with Crippen molar-refractivity contribution in [3.8, 4) is 11.8 Å². The molecule has 0 saturated heterocycles. The van der Waals surface area contributed by atoms with Gasteiger partial charge in [-0.25, -0.2) is 0 Å². The van der Waals surface area contributed by atoms with Crippen molar-refractivity contribution in [2.75, 3.05) is 11.9 Å². The van der Waals surface area contributed by atoms with Gasteiger partial charge >= 0.3 is 0 Å². The van der Waals surface area contributed by atoms with Crippen molar-refractivity contribution in [1.29, 1.82) is 5.26 Å². The Kier molecular flexibility index (Phi) is 4.94. The highest BCUT2D eigenvalue weighted by atomic mass is 32.1. The molecule has 1 aliphatic rings. The molecule has 0 fully saturated rings. The summed E-state index contributed by atoms with van der Waals surface area (Å²) in [5, 5.41) is 13.0. The third-order valence-corrected chi connectivity index (χ3v) is 5.08. The van der Waals surface area contributed by atoms with Gasteiger partial charge in [0.05, 0.1) is 18.6 Å². The number of hydrogen-bond donors (Lipinski definition) is 1. The Hall–Kier alpha value is -2.32. The van der Waals surface area contributed by atoms with Gasteiger partial charge in [0, 0.05) is 4.88 Å². The largest absolute Gasteiger partial charge is 0.493 e. The zero-order valence-electron chi connectivity index (χ0n) is 12.8. The van der Waals surface area contributed by atoms with Crippen LogP contribution in [0.5, 0.6) is 5.75 Å². The standard InChI is InChI=1S/C18H18N2O2S/c19-12-15-14-8-4-5-9-16(14)23-18(15)20-17(21)10-11-22-13-6-2-1-3-7-13/h1-3,6-7H,4-5,8-11H2,(H,20,21). The van der Waals surface area contributed by atoms with E-state index >= 15 is 0 Å². The molecule has 2 aromatic rings. The van der Waals surface area contributed by atoms with Crippen LogP contribution in [0.2, 0.25) is 0 Å². The Morgan fingerprint density at radius 3 is 2.83 bits per heavy atom. The topological polar surface area (TPSA) is 62.1 Å². The Balaban J connectivity index is 1.58. The maximum atomic E-state index is 12.1. The summed E-state index contributed by atoms with van der Waals surface area (Å²) >= 11 is 1.55. The number of anilines is 1. The lowest BCUT2D eigenvalue weighted by molar-refractivity contribution is -0.116. The van der Waals surface area contributed by atoms with Crippen molar-refractivity contribution in [2.24, 2.45) is 0 Å². The Bertz CT molecular complexity index is 731. The van der Waals surface area contributed by atoms with Gasteiger partial charge in [0.25, 0.3) is 0 Å². The SMILES string of the molecule is N#Cc1c(NC(=O)CCOc2ccccc2)sc2c1CCCC2. The van der Waals surface area contributed by atoms with Crippen LogP contribution in [0.4, 0.5) is 5.00 Å². The summed E-state index contributed by atoms with van der Waals surface area (Å²) < 4.78 is 5.53. The number of carbonyl (C=O) groups excluding carboxylic acids is 1. The molecule has 118 valence electrons. The smallest absolute Gasteiger partial charge is 0.228 e. The molecule has 0 aliphatic heterocycles. The molecule has 0 radical (unpaired) electrons. The molecule has 0 atom stereocenters. The number of nitrogens with zero attached hydrogens (tertiary/aromatic N) is 1. The maximum absolute atomic E-state index is 12.1. The van der Waals surface area contributed by atoms with Crippen molar-refractivity contribution in [3.63, 3.8) is 0 Å². The number of para-hydroxylation sites is 1. The summed E-state index contributed by atoms with van der Waals surface area (Å²) in [5.41, 5.74) is 1.79. The second kappa shape index (κ2) is 7.30. The second-order valence-corrected chi connectivity index (χ2v) is 6.59. The van der Waals surface area contributed by atoms with Crippen LogP contribution in [0.1, 0.15) is 35.3 Å². The molecule has 0 unspecified atom stereocenters. The molecule has 4 nitrogen and oxygen atoms in total. The third-order valence-electron chi connectivity index (χ3n) is 3.88. The van der Waals surface area contributed by atoms with Gasteiger partial charge in [-0.1, -0.05) is 18.2 Å². The van der Waals surface area contributed by atoms with Gasteiger partial charge in [0.2, 0.25) is 5.91 Å². The third kappa shape index (κ3) is 3.72. The van der Waals surface area contributed by atoms with E-state index in [1.54, 1.807) is 11.3 Å². The van der Waals surface area contributed by atoms with Crippen LogP contribution in [0, 0.1) is 11.3 Å². The first-order valence-corrected chi connectivity index (χ1v) is 8.62. The minimum Gasteiger partial charge on any atom is -0.493 e. The van der Waals surface area contributed by atoms with Crippen LogP contribution in [0.15, 0.2) is 30.3 Å². The van der Waals surface area contributed by atoms with E-state index in [0.29, 0.717) is 17.2 Å². The van der Waals surface area contributed by atoms with Crippen LogP contribution in [0.3, 0.4) is 0 Å². The first kappa shape index (κ1) is 15.6. The first-order valence-electron chi connectivity index (χ1n) is 7.80. The second-order valence-electron chi connectivity index (χ2n) is 5.49. The van der Waals surface area contributed by atoms with Gasteiger partial charge < -0.3 is 10.1 Å². The zero-order chi connectivity index (χ0) is 16.1. The van der Waals surface area contributed by atoms with Gasteiger partial charge in [-0.2, -0.15) is 5.26 Å². The van der Waals surface area contributed by atoms with Crippen molar-refractivity contribution in [2.45, 2.75) is 32.1 Å². The number of rotatable bonds is 5. The fourth-order valence-electron chi connectivity index (χ4n) is 2.74. The van der Waals surface area contributed by atoms with Crippen LogP contribution in [-0.2, 0) is 17.6 Å². The van der Waals surface area contributed by atoms with Gasteiger partial charge in [0.1, 0.15) is 16.8 Å². The molecular formula is C18H18N2O2S.